The highest BCUT2D eigenvalue weighted by Crippen LogP contribution is 2.10. The van der Waals surface area contributed by atoms with E-state index in [0.29, 0.717) is 19.6 Å². The third kappa shape index (κ3) is 4.22. The molecule has 106 valence electrons. The molecule has 0 bridgehead atoms. The summed E-state index contributed by atoms with van der Waals surface area (Å²) < 4.78 is 5.25. The van der Waals surface area contributed by atoms with Crippen molar-refractivity contribution in [2.75, 3.05) is 18.9 Å². The van der Waals surface area contributed by atoms with Crippen molar-refractivity contribution in [2.45, 2.75) is 13.1 Å². The Morgan fingerprint density at radius 2 is 2.20 bits per heavy atom. The molecule has 1 heterocycles. The number of benzene rings is 1. The molecule has 2 aromatic rings. The lowest BCUT2D eigenvalue weighted by atomic mass is 10.2. The molecule has 0 aliphatic rings. The number of hydrogen-bond donors (Lipinski definition) is 2. The molecule has 0 spiro atoms. The van der Waals surface area contributed by atoms with Gasteiger partial charge in [0, 0.05) is 12.2 Å². The molecule has 0 fully saturated rings. The summed E-state index contributed by atoms with van der Waals surface area (Å²) >= 11 is 0. The molecule has 1 aromatic heterocycles. The Balaban J connectivity index is 1.85. The average molecular weight is 273 g/mol. The fourth-order valence-corrected chi connectivity index (χ4v) is 1.95. The molecule has 0 saturated carbocycles. The van der Waals surface area contributed by atoms with Crippen LogP contribution < -0.4 is 11.1 Å². The molecule has 0 saturated heterocycles. The van der Waals surface area contributed by atoms with Crippen molar-refractivity contribution < 1.29 is 9.21 Å². The Morgan fingerprint density at radius 3 is 2.90 bits per heavy atom. The third-order valence-corrected chi connectivity index (χ3v) is 2.87. The van der Waals surface area contributed by atoms with Gasteiger partial charge in [-0.25, -0.2) is 0 Å². The highest BCUT2D eigenvalue weighted by Gasteiger charge is 2.08. The van der Waals surface area contributed by atoms with E-state index < -0.39 is 0 Å². The van der Waals surface area contributed by atoms with Gasteiger partial charge in [0.1, 0.15) is 5.76 Å². The fraction of sp³-hybridized carbons (Fsp3) is 0.267. The molecule has 20 heavy (non-hydrogen) atoms. The van der Waals surface area contributed by atoms with E-state index in [4.69, 9.17) is 10.2 Å². The quantitative estimate of drug-likeness (QED) is 0.842. The molecular weight excluding hydrogens is 254 g/mol. The second kappa shape index (κ2) is 6.88. The average Bonchev–Trinajstić information content (AvgIpc) is 2.91. The van der Waals surface area contributed by atoms with Crippen LogP contribution >= 0.6 is 0 Å². The van der Waals surface area contributed by atoms with Crippen molar-refractivity contribution in [3.05, 3.63) is 54.0 Å². The predicted octanol–water partition coefficient (Wildman–Crippen LogP) is 1.81. The minimum Gasteiger partial charge on any atom is -0.468 e. The highest BCUT2D eigenvalue weighted by atomic mass is 16.3. The van der Waals surface area contributed by atoms with Gasteiger partial charge in [-0.3, -0.25) is 9.69 Å². The van der Waals surface area contributed by atoms with E-state index in [-0.39, 0.29) is 5.91 Å². The molecule has 0 aliphatic heterocycles. The standard InChI is InChI=1S/C15H19N3O2/c1-18(10-14-6-3-7-20-14)11-15(19)17-13-5-2-4-12(8-13)9-16/h2-8H,9-11,16H2,1H3,(H,17,19). The number of carbonyl (C=O) groups is 1. The summed E-state index contributed by atoms with van der Waals surface area (Å²) in [6.07, 6.45) is 1.63. The van der Waals surface area contributed by atoms with E-state index in [2.05, 4.69) is 5.32 Å². The first kappa shape index (κ1) is 14.3. The van der Waals surface area contributed by atoms with Crippen molar-refractivity contribution in [3.8, 4) is 0 Å². The van der Waals surface area contributed by atoms with E-state index in [9.17, 15) is 4.79 Å². The van der Waals surface area contributed by atoms with E-state index >= 15 is 0 Å². The molecule has 0 radical (unpaired) electrons. The largest absolute Gasteiger partial charge is 0.468 e. The van der Waals surface area contributed by atoms with Gasteiger partial charge in [-0.15, -0.1) is 0 Å². The maximum Gasteiger partial charge on any atom is 0.238 e. The number of furan rings is 1. The highest BCUT2D eigenvalue weighted by molar-refractivity contribution is 5.92. The number of anilines is 1. The summed E-state index contributed by atoms with van der Waals surface area (Å²) in [5.74, 6) is 0.777. The first-order valence-electron chi connectivity index (χ1n) is 6.47. The molecular formula is C15H19N3O2. The molecule has 0 unspecified atom stereocenters. The van der Waals surface area contributed by atoms with Crippen molar-refractivity contribution in [3.63, 3.8) is 0 Å². The lowest BCUT2D eigenvalue weighted by molar-refractivity contribution is -0.117. The Bertz CT molecular complexity index is 552. The number of nitrogens with two attached hydrogens (primary N) is 1. The molecule has 0 aliphatic carbocycles. The number of carbonyl (C=O) groups excluding carboxylic acids is 1. The fourth-order valence-electron chi connectivity index (χ4n) is 1.95. The van der Waals surface area contributed by atoms with E-state index in [1.807, 2.05) is 48.3 Å². The Morgan fingerprint density at radius 1 is 1.35 bits per heavy atom. The maximum atomic E-state index is 11.9. The van der Waals surface area contributed by atoms with Crippen LogP contribution in [-0.4, -0.2) is 24.4 Å². The summed E-state index contributed by atoms with van der Waals surface area (Å²) in [5.41, 5.74) is 7.33. The number of likely N-dealkylation sites (N-methyl/N-ethyl adjacent to an activating group) is 1. The molecule has 5 nitrogen and oxygen atoms in total. The second-order valence-corrected chi connectivity index (χ2v) is 4.70. The van der Waals surface area contributed by atoms with Crippen LogP contribution in [0.15, 0.2) is 47.1 Å². The number of rotatable bonds is 6. The SMILES string of the molecule is CN(CC(=O)Nc1cccc(CN)c1)Cc1ccco1. The molecule has 1 amide bonds. The van der Waals surface area contributed by atoms with Crippen LogP contribution in [0.25, 0.3) is 0 Å². The summed E-state index contributed by atoms with van der Waals surface area (Å²) in [5, 5.41) is 2.86. The lowest BCUT2D eigenvalue weighted by Crippen LogP contribution is -2.29. The van der Waals surface area contributed by atoms with Crippen LogP contribution in [0.2, 0.25) is 0 Å². The van der Waals surface area contributed by atoms with Crippen molar-refractivity contribution in [2.24, 2.45) is 5.73 Å². The molecule has 0 atom stereocenters. The maximum absolute atomic E-state index is 11.9. The van der Waals surface area contributed by atoms with Gasteiger partial charge in [-0.05, 0) is 36.9 Å². The normalized spacial score (nSPS) is 10.8. The zero-order valence-electron chi connectivity index (χ0n) is 11.5. The lowest BCUT2D eigenvalue weighted by Gasteiger charge is -2.15. The van der Waals surface area contributed by atoms with Crippen molar-refractivity contribution in [1.29, 1.82) is 0 Å². The topological polar surface area (TPSA) is 71.5 Å². The Hall–Kier alpha value is -2.11. The van der Waals surface area contributed by atoms with Crippen molar-refractivity contribution in [1.82, 2.24) is 4.90 Å². The van der Waals surface area contributed by atoms with Gasteiger partial charge in [0.05, 0.1) is 19.4 Å². The molecule has 3 N–H and O–H groups in total. The molecule has 5 heteroatoms. The summed E-state index contributed by atoms with van der Waals surface area (Å²) in [6.45, 7) is 1.36. The first-order valence-corrected chi connectivity index (χ1v) is 6.47. The number of nitrogens with one attached hydrogen (secondary N) is 1. The zero-order chi connectivity index (χ0) is 14.4. The summed E-state index contributed by atoms with van der Waals surface area (Å²) in [7, 11) is 1.87. The number of hydrogen-bond acceptors (Lipinski definition) is 4. The van der Waals surface area contributed by atoms with Crippen molar-refractivity contribution >= 4 is 11.6 Å². The van der Waals surface area contributed by atoms with Gasteiger partial charge in [-0.2, -0.15) is 0 Å². The monoisotopic (exact) mass is 273 g/mol. The van der Waals surface area contributed by atoms with E-state index in [1.54, 1.807) is 6.26 Å². The molecule has 2 rings (SSSR count). The van der Waals surface area contributed by atoms with Gasteiger partial charge in [-0.1, -0.05) is 12.1 Å². The smallest absolute Gasteiger partial charge is 0.238 e. The van der Waals surface area contributed by atoms with E-state index in [0.717, 1.165) is 17.0 Å². The number of nitrogens with zero attached hydrogens (tertiary/aromatic N) is 1. The van der Waals surface area contributed by atoms with Crippen LogP contribution in [0.3, 0.4) is 0 Å². The van der Waals surface area contributed by atoms with Gasteiger partial charge in [0.15, 0.2) is 0 Å². The second-order valence-electron chi connectivity index (χ2n) is 4.70. The van der Waals surface area contributed by atoms with Crippen LogP contribution in [0, 0.1) is 0 Å². The third-order valence-electron chi connectivity index (χ3n) is 2.87. The van der Waals surface area contributed by atoms with Gasteiger partial charge in [0.25, 0.3) is 0 Å². The molecule has 1 aromatic carbocycles. The first-order chi connectivity index (χ1) is 9.67. The Kier molecular flexibility index (Phi) is 4.92. The predicted molar refractivity (Wildman–Crippen MR) is 78.0 cm³/mol. The van der Waals surface area contributed by atoms with Crippen LogP contribution in [-0.2, 0) is 17.9 Å². The summed E-state index contributed by atoms with van der Waals surface area (Å²) in [6, 6.07) is 11.3. The van der Waals surface area contributed by atoms with Gasteiger partial charge < -0.3 is 15.5 Å². The van der Waals surface area contributed by atoms with Crippen LogP contribution in [0.1, 0.15) is 11.3 Å². The minimum atomic E-state index is -0.0618. The van der Waals surface area contributed by atoms with Gasteiger partial charge >= 0.3 is 0 Å². The van der Waals surface area contributed by atoms with Crippen LogP contribution in [0.4, 0.5) is 5.69 Å². The minimum absolute atomic E-state index is 0.0618. The Labute approximate surface area is 118 Å². The van der Waals surface area contributed by atoms with E-state index in [1.165, 1.54) is 0 Å². The summed E-state index contributed by atoms with van der Waals surface area (Å²) in [4.78, 5) is 13.8. The van der Waals surface area contributed by atoms with Gasteiger partial charge in [0.2, 0.25) is 5.91 Å². The zero-order valence-corrected chi connectivity index (χ0v) is 11.5. The van der Waals surface area contributed by atoms with Crippen LogP contribution in [0.5, 0.6) is 0 Å². The number of amides is 1.